The second-order valence-corrected chi connectivity index (χ2v) is 7.75. The molecule has 19 heavy (non-hydrogen) atoms. The maximum Gasteiger partial charge on any atom is 0.0549 e. The third-order valence-electron chi connectivity index (χ3n) is 2.62. The molecule has 0 aromatic heterocycles. The molecule has 0 atom stereocenters. The van der Waals surface area contributed by atoms with Gasteiger partial charge in [0.05, 0.1) is 6.42 Å². The van der Waals surface area contributed by atoms with Gasteiger partial charge in [0.25, 0.3) is 0 Å². The molecule has 98 valence electrons. The lowest BCUT2D eigenvalue weighted by Gasteiger charge is -2.12. The normalized spacial score (nSPS) is 10.8. The first-order valence-corrected chi connectivity index (χ1v) is 8.74. The molecule has 0 heterocycles. The summed E-state index contributed by atoms with van der Waals surface area (Å²) in [4.78, 5) is 0. The molecule has 2 rings (SSSR count). The van der Waals surface area contributed by atoms with Crippen molar-refractivity contribution in [3.63, 3.8) is 0 Å². The molecule has 0 saturated heterocycles. The summed E-state index contributed by atoms with van der Waals surface area (Å²) in [7, 11) is 0. The van der Waals surface area contributed by atoms with Gasteiger partial charge in [0.2, 0.25) is 0 Å². The fourth-order valence-corrected chi connectivity index (χ4v) is 4.99. The SMILES string of the molecule is Cc1cc(Br)c([C]c2c(Br)cc(C)cc2Br)c(Br)c1. The van der Waals surface area contributed by atoms with Crippen LogP contribution in [-0.2, 0) is 0 Å². The van der Waals surface area contributed by atoms with E-state index in [0.29, 0.717) is 0 Å². The smallest absolute Gasteiger partial charge is 0.0504 e. The van der Waals surface area contributed by atoms with Crippen LogP contribution < -0.4 is 0 Å². The highest BCUT2D eigenvalue weighted by Crippen LogP contribution is 2.36. The summed E-state index contributed by atoms with van der Waals surface area (Å²) >= 11 is 14.4. The summed E-state index contributed by atoms with van der Waals surface area (Å²) in [6, 6.07) is 8.35. The maximum absolute atomic E-state index is 3.60. The maximum atomic E-state index is 3.60. The van der Waals surface area contributed by atoms with Gasteiger partial charge in [-0.25, -0.2) is 0 Å². The van der Waals surface area contributed by atoms with E-state index in [1.54, 1.807) is 0 Å². The third-order valence-corrected chi connectivity index (χ3v) is 5.12. The number of hydrogen-bond donors (Lipinski definition) is 0. The fraction of sp³-hybridized carbons (Fsp3) is 0.133. The average molecular weight is 510 g/mol. The molecule has 0 fully saturated rings. The van der Waals surface area contributed by atoms with Gasteiger partial charge in [0.15, 0.2) is 0 Å². The van der Waals surface area contributed by atoms with E-state index >= 15 is 0 Å². The zero-order valence-electron chi connectivity index (χ0n) is 10.3. The van der Waals surface area contributed by atoms with Gasteiger partial charge in [-0.1, -0.05) is 63.7 Å². The Bertz CT molecular complexity index is 531. The molecule has 2 aromatic carbocycles. The van der Waals surface area contributed by atoms with E-state index in [1.807, 2.05) is 0 Å². The van der Waals surface area contributed by atoms with Crippen LogP contribution in [0.15, 0.2) is 42.2 Å². The minimum absolute atomic E-state index is 1.01. The van der Waals surface area contributed by atoms with Gasteiger partial charge < -0.3 is 0 Å². The predicted molar refractivity (Wildman–Crippen MR) is 94.6 cm³/mol. The monoisotopic (exact) mass is 506 g/mol. The summed E-state index contributed by atoms with van der Waals surface area (Å²) in [6.07, 6.45) is 3.44. The van der Waals surface area contributed by atoms with Crippen LogP contribution in [0.4, 0.5) is 0 Å². The van der Waals surface area contributed by atoms with Crippen molar-refractivity contribution in [2.45, 2.75) is 13.8 Å². The molecule has 2 aromatic rings. The van der Waals surface area contributed by atoms with Crippen LogP contribution in [-0.4, -0.2) is 0 Å². The molecule has 0 aliphatic heterocycles. The van der Waals surface area contributed by atoms with E-state index in [-0.39, 0.29) is 0 Å². The Morgan fingerprint density at radius 3 is 1.16 bits per heavy atom. The molecule has 0 nitrogen and oxygen atoms in total. The van der Waals surface area contributed by atoms with Crippen LogP contribution in [0.2, 0.25) is 0 Å². The standard InChI is InChI=1S/C15H10Br4/c1-8-3-12(16)10(13(17)4-8)7-11-14(18)5-9(2)6-15(11)19/h3-6H,1-2H3. The lowest BCUT2D eigenvalue weighted by molar-refractivity contribution is 1.30. The zero-order valence-corrected chi connectivity index (χ0v) is 16.7. The quantitative estimate of drug-likeness (QED) is 0.416. The Balaban J connectivity index is 2.48. The van der Waals surface area contributed by atoms with Crippen LogP contribution in [0.3, 0.4) is 0 Å². The van der Waals surface area contributed by atoms with Crippen molar-refractivity contribution in [3.8, 4) is 0 Å². The highest BCUT2D eigenvalue weighted by Gasteiger charge is 2.13. The zero-order chi connectivity index (χ0) is 14.2. The second kappa shape index (κ2) is 6.42. The highest BCUT2D eigenvalue weighted by atomic mass is 79.9. The minimum Gasteiger partial charge on any atom is -0.0504 e. The van der Waals surface area contributed by atoms with Crippen molar-refractivity contribution in [2.24, 2.45) is 0 Å². The van der Waals surface area contributed by atoms with Gasteiger partial charge in [0, 0.05) is 17.9 Å². The van der Waals surface area contributed by atoms with E-state index in [2.05, 4.69) is 108 Å². The number of aryl methyl sites for hydroxylation is 2. The summed E-state index contributed by atoms with van der Waals surface area (Å²) in [5.74, 6) is 0. The van der Waals surface area contributed by atoms with Crippen LogP contribution in [0.5, 0.6) is 0 Å². The van der Waals surface area contributed by atoms with Crippen molar-refractivity contribution < 1.29 is 0 Å². The Kier molecular flexibility index (Phi) is 5.32. The first-order chi connectivity index (χ1) is 8.88. The summed E-state index contributed by atoms with van der Waals surface area (Å²) in [5.41, 5.74) is 4.42. The molecule has 0 aliphatic rings. The molecule has 0 aliphatic carbocycles. The van der Waals surface area contributed by atoms with Crippen LogP contribution >= 0.6 is 63.7 Å². The Morgan fingerprint density at radius 1 is 0.632 bits per heavy atom. The Labute approximate surface area is 147 Å². The first-order valence-electron chi connectivity index (χ1n) is 5.57. The third kappa shape index (κ3) is 3.72. The van der Waals surface area contributed by atoms with Crippen LogP contribution in [0.1, 0.15) is 22.3 Å². The van der Waals surface area contributed by atoms with Gasteiger partial charge >= 0.3 is 0 Å². The predicted octanol–water partition coefficient (Wildman–Crippen LogP) is 6.83. The second-order valence-electron chi connectivity index (χ2n) is 4.33. The molecular weight excluding hydrogens is 500 g/mol. The largest absolute Gasteiger partial charge is 0.0549 e. The molecule has 2 radical (unpaired) electrons. The van der Waals surface area contributed by atoms with Gasteiger partial charge in [-0.2, -0.15) is 0 Å². The molecule has 0 bridgehead atoms. The fourth-order valence-electron chi connectivity index (χ4n) is 1.76. The summed E-state index contributed by atoms with van der Waals surface area (Å²) < 4.78 is 4.11. The van der Waals surface area contributed by atoms with E-state index in [9.17, 15) is 0 Å². The summed E-state index contributed by atoms with van der Waals surface area (Å²) in [6.45, 7) is 4.13. The van der Waals surface area contributed by atoms with Crippen molar-refractivity contribution in [2.75, 3.05) is 0 Å². The van der Waals surface area contributed by atoms with Gasteiger partial charge in [-0.15, -0.1) is 0 Å². The number of rotatable bonds is 2. The molecule has 0 amide bonds. The van der Waals surface area contributed by atoms with Crippen molar-refractivity contribution >= 4 is 63.7 Å². The van der Waals surface area contributed by atoms with Crippen LogP contribution in [0, 0.1) is 20.3 Å². The van der Waals surface area contributed by atoms with E-state index in [1.165, 1.54) is 11.1 Å². The van der Waals surface area contributed by atoms with Crippen LogP contribution in [0.25, 0.3) is 0 Å². The average Bonchev–Trinajstić information content (AvgIpc) is 2.25. The summed E-state index contributed by atoms with van der Waals surface area (Å²) in [5, 5.41) is 0. The lowest BCUT2D eigenvalue weighted by Crippen LogP contribution is -1.93. The molecule has 0 N–H and O–H groups in total. The molecule has 4 heteroatoms. The molecule has 0 saturated carbocycles. The number of hydrogen-bond acceptors (Lipinski definition) is 0. The minimum atomic E-state index is 1.01. The van der Waals surface area contributed by atoms with E-state index < -0.39 is 0 Å². The highest BCUT2D eigenvalue weighted by molar-refractivity contribution is 9.11. The van der Waals surface area contributed by atoms with E-state index in [4.69, 9.17) is 0 Å². The lowest BCUT2D eigenvalue weighted by atomic mass is 10.0. The topological polar surface area (TPSA) is 0 Å². The molecular formula is C15H10Br4. The van der Waals surface area contributed by atoms with Crippen molar-refractivity contribution in [1.82, 2.24) is 0 Å². The van der Waals surface area contributed by atoms with Crippen molar-refractivity contribution in [3.05, 3.63) is 70.8 Å². The van der Waals surface area contributed by atoms with Gasteiger partial charge in [0.1, 0.15) is 0 Å². The Hall–Kier alpha value is 0.360. The first kappa shape index (κ1) is 15.7. The van der Waals surface area contributed by atoms with Gasteiger partial charge in [-0.3, -0.25) is 0 Å². The Morgan fingerprint density at radius 2 is 0.895 bits per heavy atom. The van der Waals surface area contributed by atoms with Gasteiger partial charge in [-0.05, 0) is 60.4 Å². The molecule has 0 unspecified atom stereocenters. The number of halogens is 4. The van der Waals surface area contributed by atoms with Crippen molar-refractivity contribution in [1.29, 1.82) is 0 Å². The number of benzene rings is 2. The molecule has 0 spiro atoms. The van der Waals surface area contributed by atoms with E-state index in [0.717, 1.165) is 29.0 Å².